The molecule has 0 heterocycles. The van der Waals surface area contributed by atoms with Gasteiger partial charge < -0.3 is 5.32 Å². The molecule has 20 heavy (non-hydrogen) atoms. The lowest BCUT2D eigenvalue weighted by molar-refractivity contribution is 0.433. The fourth-order valence-corrected chi connectivity index (χ4v) is 2.35. The predicted molar refractivity (Wildman–Crippen MR) is 80.8 cm³/mol. The molecule has 114 valence electrons. The fraction of sp³-hybridized carbons (Fsp3) is 0.647. The van der Waals surface area contributed by atoms with Gasteiger partial charge in [-0.1, -0.05) is 39.7 Å². The molecule has 0 fully saturated rings. The predicted octanol–water partition coefficient (Wildman–Crippen LogP) is 4.70. The average Bonchev–Trinajstić information content (AvgIpc) is 2.39. The molecule has 1 aromatic carbocycles. The Morgan fingerprint density at radius 2 is 1.85 bits per heavy atom. The molecule has 0 saturated heterocycles. The maximum atomic E-state index is 13.2. The monoisotopic (exact) mass is 283 g/mol. The zero-order valence-electron chi connectivity index (χ0n) is 12.9. The molecular formula is C17H27F2N. The average molecular weight is 283 g/mol. The first-order valence-electron chi connectivity index (χ1n) is 7.70. The molecule has 1 aromatic rings. The van der Waals surface area contributed by atoms with Crippen LogP contribution in [0.1, 0.15) is 52.0 Å². The van der Waals surface area contributed by atoms with Crippen LogP contribution in [0.15, 0.2) is 18.2 Å². The number of halogens is 2. The summed E-state index contributed by atoms with van der Waals surface area (Å²) in [6, 6.07) is 4.56. The number of hydrogen-bond donors (Lipinski definition) is 1. The molecule has 0 spiro atoms. The van der Waals surface area contributed by atoms with E-state index in [4.69, 9.17) is 0 Å². The van der Waals surface area contributed by atoms with Crippen molar-refractivity contribution in [2.75, 3.05) is 6.54 Å². The van der Waals surface area contributed by atoms with Gasteiger partial charge >= 0.3 is 0 Å². The molecule has 0 saturated carbocycles. The highest BCUT2D eigenvalue weighted by Gasteiger charge is 2.11. The van der Waals surface area contributed by atoms with Crippen molar-refractivity contribution in [3.8, 4) is 0 Å². The lowest BCUT2D eigenvalue weighted by Crippen LogP contribution is -2.32. The number of hydrogen-bond acceptors (Lipinski definition) is 1. The van der Waals surface area contributed by atoms with Crippen molar-refractivity contribution in [1.82, 2.24) is 5.32 Å². The normalized spacial score (nSPS) is 12.9. The summed E-state index contributed by atoms with van der Waals surface area (Å²) in [5.41, 5.74) is 0.863. The molecule has 1 unspecified atom stereocenters. The summed E-state index contributed by atoms with van der Waals surface area (Å²) < 4.78 is 26.2. The summed E-state index contributed by atoms with van der Waals surface area (Å²) >= 11 is 0. The van der Waals surface area contributed by atoms with Gasteiger partial charge in [0.15, 0.2) is 11.6 Å². The third kappa shape index (κ3) is 6.47. The maximum Gasteiger partial charge on any atom is 0.159 e. The van der Waals surface area contributed by atoms with Gasteiger partial charge in [0.25, 0.3) is 0 Å². The van der Waals surface area contributed by atoms with Crippen LogP contribution in [0, 0.1) is 17.6 Å². The largest absolute Gasteiger partial charge is 0.314 e. The van der Waals surface area contributed by atoms with E-state index in [2.05, 4.69) is 26.1 Å². The van der Waals surface area contributed by atoms with Crippen molar-refractivity contribution in [3.63, 3.8) is 0 Å². The van der Waals surface area contributed by atoms with Gasteiger partial charge in [-0.2, -0.15) is 0 Å². The van der Waals surface area contributed by atoms with Gasteiger partial charge in [0.2, 0.25) is 0 Å². The molecule has 0 bridgehead atoms. The Morgan fingerprint density at radius 3 is 2.45 bits per heavy atom. The Labute approximate surface area is 121 Å². The number of benzene rings is 1. The van der Waals surface area contributed by atoms with Gasteiger partial charge in [0, 0.05) is 6.04 Å². The van der Waals surface area contributed by atoms with Crippen LogP contribution in [0.4, 0.5) is 8.78 Å². The van der Waals surface area contributed by atoms with Crippen LogP contribution in [0.5, 0.6) is 0 Å². The zero-order valence-corrected chi connectivity index (χ0v) is 12.9. The van der Waals surface area contributed by atoms with Crippen molar-refractivity contribution in [3.05, 3.63) is 35.4 Å². The molecule has 0 amide bonds. The standard InChI is InChI=1S/C17H27F2N/c1-4-10-20-15(7-5-6-13(2)3)11-14-8-9-16(18)17(19)12-14/h8-9,12-13,15,20H,4-7,10-11H2,1-3H3. The molecule has 1 N–H and O–H groups in total. The highest BCUT2D eigenvalue weighted by Crippen LogP contribution is 2.15. The molecule has 1 rings (SSSR count). The molecule has 3 heteroatoms. The molecule has 0 aliphatic heterocycles. The Kier molecular flexibility index (Phi) is 7.75. The first-order valence-corrected chi connectivity index (χ1v) is 7.70. The minimum atomic E-state index is -0.772. The van der Waals surface area contributed by atoms with E-state index in [0.29, 0.717) is 12.0 Å². The van der Waals surface area contributed by atoms with Crippen molar-refractivity contribution >= 4 is 0 Å². The van der Waals surface area contributed by atoms with E-state index in [1.54, 1.807) is 6.07 Å². The smallest absolute Gasteiger partial charge is 0.159 e. The second-order valence-corrected chi connectivity index (χ2v) is 5.93. The van der Waals surface area contributed by atoms with E-state index in [9.17, 15) is 8.78 Å². The Morgan fingerprint density at radius 1 is 1.10 bits per heavy atom. The van der Waals surface area contributed by atoms with Gasteiger partial charge in [-0.15, -0.1) is 0 Å². The summed E-state index contributed by atoms with van der Waals surface area (Å²) in [6.45, 7) is 7.55. The summed E-state index contributed by atoms with van der Waals surface area (Å²) in [5, 5.41) is 3.51. The summed E-state index contributed by atoms with van der Waals surface area (Å²) in [5.74, 6) is -0.810. The van der Waals surface area contributed by atoms with E-state index >= 15 is 0 Å². The topological polar surface area (TPSA) is 12.0 Å². The summed E-state index contributed by atoms with van der Waals surface area (Å²) in [6.07, 6.45) is 5.30. The minimum Gasteiger partial charge on any atom is -0.314 e. The fourth-order valence-electron chi connectivity index (χ4n) is 2.35. The Bertz CT molecular complexity index is 391. The lowest BCUT2D eigenvalue weighted by Gasteiger charge is -2.19. The van der Waals surface area contributed by atoms with Crippen LogP contribution >= 0.6 is 0 Å². The second-order valence-electron chi connectivity index (χ2n) is 5.93. The summed E-state index contributed by atoms with van der Waals surface area (Å²) in [4.78, 5) is 0. The number of nitrogens with one attached hydrogen (secondary N) is 1. The van der Waals surface area contributed by atoms with Crippen LogP contribution in [-0.4, -0.2) is 12.6 Å². The van der Waals surface area contributed by atoms with E-state index in [1.165, 1.54) is 25.0 Å². The van der Waals surface area contributed by atoms with Crippen LogP contribution in [-0.2, 0) is 6.42 Å². The van der Waals surface area contributed by atoms with Gasteiger partial charge in [0.05, 0.1) is 0 Å². The molecule has 0 radical (unpaired) electrons. The van der Waals surface area contributed by atoms with Gasteiger partial charge in [-0.25, -0.2) is 8.78 Å². The van der Waals surface area contributed by atoms with Crippen LogP contribution in [0.3, 0.4) is 0 Å². The van der Waals surface area contributed by atoms with Crippen LogP contribution < -0.4 is 5.32 Å². The van der Waals surface area contributed by atoms with Crippen molar-refractivity contribution in [2.45, 2.75) is 58.9 Å². The number of rotatable bonds is 9. The zero-order chi connectivity index (χ0) is 15.0. The quantitative estimate of drug-likeness (QED) is 0.692. The van der Waals surface area contributed by atoms with Gasteiger partial charge in [-0.3, -0.25) is 0 Å². The van der Waals surface area contributed by atoms with E-state index < -0.39 is 11.6 Å². The molecule has 1 atom stereocenters. The highest BCUT2D eigenvalue weighted by atomic mass is 19.2. The SMILES string of the molecule is CCCNC(CCCC(C)C)Cc1ccc(F)c(F)c1. The Hall–Kier alpha value is -0.960. The lowest BCUT2D eigenvalue weighted by atomic mass is 9.98. The van der Waals surface area contributed by atoms with Crippen molar-refractivity contribution < 1.29 is 8.78 Å². The van der Waals surface area contributed by atoms with Crippen LogP contribution in [0.2, 0.25) is 0 Å². The van der Waals surface area contributed by atoms with E-state index in [0.717, 1.165) is 31.4 Å². The third-order valence-corrected chi connectivity index (χ3v) is 3.48. The highest BCUT2D eigenvalue weighted by molar-refractivity contribution is 5.18. The maximum absolute atomic E-state index is 13.2. The first kappa shape index (κ1) is 17.1. The van der Waals surface area contributed by atoms with Gasteiger partial charge in [0.1, 0.15) is 0 Å². The summed E-state index contributed by atoms with van der Waals surface area (Å²) in [7, 11) is 0. The second kappa shape index (κ2) is 9.06. The van der Waals surface area contributed by atoms with Crippen molar-refractivity contribution in [1.29, 1.82) is 0 Å². The van der Waals surface area contributed by atoms with Crippen LogP contribution in [0.25, 0.3) is 0 Å². The molecular weight excluding hydrogens is 256 g/mol. The minimum absolute atomic E-state index is 0.346. The van der Waals surface area contributed by atoms with Gasteiger partial charge in [-0.05, 0) is 49.4 Å². The van der Waals surface area contributed by atoms with E-state index in [1.807, 2.05) is 0 Å². The van der Waals surface area contributed by atoms with E-state index in [-0.39, 0.29) is 0 Å². The first-order chi connectivity index (χ1) is 9.52. The molecule has 0 aromatic heterocycles. The molecule has 1 nitrogen and oxygen atoms in total. The molecule has 0 aliphatic carbocycles. The third-order valence-electron chi connectivity index (χ3n) is 3.48. The molecule has 0 aliphatic rings. The Balaban J connectivity index is 2.55. The van der Waals surface area contributed by atoms with Crippen molar-refractivity contribution in [2.24, 2.45) is 5.92 Å².